The Morgan fingerprint density at radius 3 is 3.00 bits per heavy atom. The van der Waals surface area contributed by atoms with E-state index >= 15 is 0 Å². The molecule has 2 N–H and O–H groups in total. The molecular formula is C13H16N2O2. The lowest BCUT2D eigenvalue weighted by Crippen LogP contribution is -2.29. The van der Waals surface area contributed by atoms with E-state index in [-0.39, 0.29) is 6.04 Å². The summed E-state index contributed by atoms with van der Waals surface area (Å²) in [5.74, 6) is 1.72. The second-order valence-corrected chi connectivity index (χ2v) is 4.42. The minimum absolute atomic E-state index is 0.230. The SMILES string of the molecule is COc1cc2c3c(c1)cc(C)n3C(CN)CO2. The van der Waals surface area contributed by atoms with Crippen LogP contribution in [0.5, 0.6) is 11.5 Å². The summed E-state index contributed by atoms with van der Waals surface area (Å²) in [5, 5.41) is 1.15. The van der Waals surface area contributed by atoms with E-state index in [0.29, 0.717) is 13.2 Å². The lowest BCUT2D eigenvalue weighted by Gasteiger charge is -2.26. The van der Waals surface area contributed by atoms with Crippen LogP contribution in [0.2, 0.25) is 0 Å². The maximum absolute atomic E-state index is 5.79. The Hall–Kier alpha value is -1.68. The Kier molecular flexibility index (Phi) is 2.26. The van der Waals surface area contributed by atoms with Crippen molar-refractivity contribution in [2.24, 2.45) is 5.73 Å². The summed E-state index contributed by atoms with van der Waals surface area (Å²) in [7, 11) is 1.67. The Morgan fingerprint density at radius 1 is 1.47 bits per heavy atom. The molecule has 1 atom stereocenters. The van der Waals surface area contributed by atoms with Gasteiger partial charge in [0.2, 0.25) is 0 Å². The number of rotatable bonds is 2. The summed E-state index contributed by atoms with van der Waals surface area (Å²) < 4.78 is 13.3. The monoisotopic (exact) mass is 232 g/mol. The average molecular weight is 232 g/mol. The zero-order chi connectivity index (χ0) is 12.0. The Bertz CT molecular complexity index is 574. The molecule has 0 amide bonds. The molecular weight excluding hydrogens is 216 g/mol. The van der Waals surface area contributed by atoms with Crippen LogP contribution in [0.4, 0.5) is 0 Å². The molecule has 1 aliphatic heterocycles. The first kappa shape index (κ1) is 10.5. The maximum atomic E-state index is 5.79. The zero-order valence-corrected chi connectivity index (χ0v) is 10.1. The predicted octanol–water partition coefficient (Wildman–Crippen LogP) is 1.85. The van der Waals surface area contributed by atoms with Crippen LogP contribution in [0.25, 0.3) is 10.9 Å². The van der Waals surface area contributed by atoms with Gasteiger partial charge in [0.15, 0.2) is 0 Å². The molecule has 0 fully saturated rings. The molecule has 17 heavy (non-hydrogen) atoms. The van der Waals surface area contributed by atoms with Gasteiger partial charge in [-0.25, -0.2) is 0 Å². The van der Waals surface area contributed by atoms with Crippen LogP contribution in [-0.2, 0) is 0 Å². The summed E-state index contributed by atoms with van der Waals surface area (Å²) >= 11 is 0. The van der Waals surface area contributed by atoms with Gasteiger partial charge in [0.25, 0.3) is 0 Å². The van der Waals surface area contributed by atoms with Crippen molar-refractivity contribution in [1.82, 2.24) is 4.57 Å². The molecule has 1 aromatic heterocycles. The predicted molar refractivity (Wildman–Crippen MR) is 66.8 cm³/mol. The molecule has 2 heterocycles. The van der Waals surface area contributed by atoms with E-state index in [4.69, 9.17) is 15.2 Å². The number of methoxy groups -OCH3 is 1. The summed E-state index contributed by atoms with van der Waals surface area (Å²) in [6.45, 7) is 3.32. The summed E-state index contributed by atoms with van der Waals surface area (Å²) in [6.07, 6.45) is 0. The van der Waals surface area contributed by atoms with E-state index < -0.39 is 0 Å². The summed E-state index contributed by atoms with van der Waals surface area (Å²) in [6, 6.07) is 6.35. The van der Waals surface area contributed by atoms with Gasteiger partial charge in [-0.2, -0.15) is 0 Å². The first-order valence-corrected chi connectivity index (χ1v) is 5.77. The highest BCUT2D eigenvalue weighted by Crippen LogP contribution is 2.38. The molecule has 0 radical (unpaired) electrons. The number of nitrogens with zero attached hydrogens (tertiary/aromatic N) is 1. The highest BCUT2D eigenvalue weighted by Gasteiger charge is 2.24. The van der Waals surface area contributed by atoms with Gasteiger partial charge in [-0.1, -0.05) is 0 Å². The Morgan fingerprint density at radius 2 is 2.29 bits per heavy atom. The largest absolute Gasteiger partial charge is 0.497 e. The molecule has 0 bridgehead atoms. The van der Waals surface area contributed by atoms with Gasteiger partial charge in [-0.3, -0.25) is 0 Å². The molecule has 3 rings (SSSR count). The maximum Gasteiger partial charge on any atom is 0.147 e. The van der Waals surface area contributed by atoms with Crippen LogP contribution < -0.4 is 15.2 Å². The lowest BCUT2D eigenvalue weighted by molar-refractivity contribution is 0.238. The number of nitrogens with two attached hydrogens (primary N) is 1. The number of aryl methyl sites for hydroxylation is 1. The van der Waals surface area contributed by atoms with E-state index in [1.807, 2.05) is 12.1 Å². The van der Waals surface area contributed by atoms with Gasteiger partial charge in [0, 0.05) is 23.7 Å². The highest BCUT2D eigenvalue weighted by molar-refractivity contribution is 5.89. The Labute approximate surface area is 99.9 Å². The third-order valence-electron chi connectivity index (χ3n) is 3.37. The van der Waals surface area contributed by atoms with Gasteiger partial charge < -0.3 is 19.8 Å². The Balaban J connectivity index is 2.32. The number of ether oxygens (including phenoxy) is 2. The normalized spacial score (nSPS) is 18.2. The van der Waals surface area contributed by atoms with E-state index in [1.54, 1.807) is 7.11 Å². The molecule has 0 aliphatic carbocycles. The van der Waals surface area contributed by atoms with Gasteiger partial charge in [0.05, 0.1) is 18.7 Å². The van der Waals surface area contributed by atoms with Crippen LogP contribution in [0.1, 0.15) is 11.7 Å². The molecule has 0 saturated heterocycles. The van der Waals surface area contributed by atoms with E-state index in [0.717, 1.165) is 22.4 Å². The number of hydrogen-bond acceptors (Lipinski definition) is 3. The number of benzene rings is 1. The van der Waals surface area contributed by atoms with Crippen molar-refractivity contribution >= 4 is 10.9 Å². The molecule has 2 aromatic rings. The van der Waals surface area contributed by atoms with Crippen LogP contribution in [0.3, 0.4) is 0 Å². The number of aromatic nitrogens is 1. The van der Waals surface area contributed by atoms with Gasteiger partial charge >= 0.3 is 0 Å². The van der Waals surface area contributed by atoms with Crippen molar-refractivity contribution in [2.75, 3.05) is 20.3 Å². The van der Waals surface area contributed by atoms with Crippen LogP contribution >= 0.6 is 0 Å². The molecule has 4 heteroatoms. The van der Waals surface area contributed by atoms with Crippen molar-refractivity contribution in [2.45, 2.75) is 13.0 Å². The van der Waals surface area contributed by atoms with E-state index in [2.05, 4.69) is 17.6 Å². The lowest BCUT2D eigenvalue weighted by atomic mass is 10.2. The third kappa shape index (κ3) is 1.41. The molecule has 0 spiro atoms. The van der Waals surface area contributed by atoms with Gasteiger partial charge in [0.1, 0.15) is 18.1 Å². The van der Waals surface area contributed by atoms with Crippen molar-refractivity contribution in [1.29, 1.82) is 0 Å². The van der Waals surface area contributed by atoms with E-state index in [9.17, 15) is 0 Å². The molecule has 1 unspecified atom stereocenters. The minimum Gasteiger partial charge on any atom is -0.497 e. The fourth-order valence-electron chi connectivity index (χ4n) is 2.57. The summed E-state index contributed by atoms with van der Waals surface area (Å²) in [4.78, 5) is 0. The molecule has 1 aromatic carbocycles. The average Bonchev–Trinajstić information content (AvgIpc) is 2.68. The second-order valence-electron chi connectivity index (χ2n) is 4.42. The van der Waals surface area contributed by atoms with Crippen LogP contribution in [0.15, 0.2) is 18.2 Å². The van der Waals surface area contributed by atoms with Gasteiger partial charge in [-0.05, 0) is 19.1 Å². The third-order valence-corrected chi connectivity index (χ3v) is 3.37. The first-order valence-electron chi connectivity index (χ1n) is 5.77. The molecule has 4 nitrogen and oxygen atoms in total. The van der Waals surface area contributed by atoms with E-state index in [1.165, 1.54) is 5.69 Å². The minimum atomic E-state index is 0.230. The van der Waals surface area contributed by atoms with Crippen molar-refractivity contribution in [3.8, 4) is 11.5 Å². The fraction of sp³-hybridized carbons (Fsp3) is 0.385. The molecule has 90 valence electrons. The summed E-state index contributed by atoms with van der Waals surface area (Å²) in [5.41, 5.74) is 8.14. The van der Waals surface area contributed by atoms with Crippen molar-refractivity contribution < 1.29 is 9.47 Å². The van der Waals surface area contributed by atoms with Crippen LogP contribution in [0, 0.1) is 6.92 Å². The second kappa shape index (κ2) is 3.67. The van der Waals surface area contributed by atoms with Gasteiger partial charge in [-0.15, -0.1) is 0 Å². The quantitative estimate of drug-likeness (QED) is 0.859. The fourth-order valence-corrected chi connectivity index (χ4v) is 2.57. The van der Waals surface area contributed by atoms with Crippen LogP contribution in [-0.4, -0.2) is 24.8 Å². The van der Waals surface area contributed by atoms with Crippen molar-refractivity contribution in [3.63, 3.8) is 0 Å². The highest BCUT2D eigenvalue weighted by atomic mass is 16.5. The number of hydrogen-bond donors (Lipinski definition) is 1. The standard InChI is InChI=1S/C13H16N2O2/c1-8-3-9-4-11(16-2)5-12-13(9)15(8)10(6-14)7-17-12/h3-5,10H,6-7,14H2,1-2H3. The first-order chi connectivity index (χ1) is 8.24. The zero-order valence-electron chi connectivity index (χ0n) is 10.1. The molecule has 1 aliphatic rings. The molecule has 0 saturated carbocycles. The topological polar surface area (TPSA) is 49.4 Å². The van der Waals surface area contributed by atoms with Crippen molar-refractivity contribution in [3.05, 3.63) is 23.9 Å². The smallest absolute Gasteiger partial charge is 0.147 e.